The molecule has 4 heteroatoms. The van der Waals surface area contributed by atoms with Crippen molar-refractivity contribution in [1.29, 1.82) is 0 Å². The van der Waals surface area contributed by atoms with Gasteiger partial charge in [0, 0.05) is 12.5 Å². The van der Waals surface area contributed by atoms with Gasteiger partial charge in [-0.2, -0.15) is 0 Å². The summed E-state index contributed by atoms with van der Waals surface area (Å²) in [7, 11) is 0. The SMILES string of the molecule is O=C(O)[C@@]12CC[C@H](N1)[C@H](O)C2. The molecule has 2 heterocycles. The van der Waals surface area contributed by atoms with E-state index in [1.165, 1.54) is 0 Å². The first-order valence-electron chi connectivity index (χ1n) is 3.83. The Morgan fingerprint density at radius 2 is 2.36 bits per heavy atom. The predicted octanol–water partition coefficient (Wildman–Crippen LogP) is -0.674. The average Bonchev–Trinajstić information content (AvgIpc) is 2.44. The first kappa shape index (κ1) is 7.06. The van der Waals surface area contributed by atoms with Crippen molar-refractivity contribution in [2.75, 3.05) is 0 Å². The molecule has 2 aliphatic rings. The third-order valence-corrected chi connectivity index (χ3v) is 2.78. The van der Waals surface area contributed by atoms with Gasteiger partial charge in [0.25, 0.3) is 0 Å². The minimum Gasteiger partial charge on any atom is -0.480 e. The summed E-state index contributed by atoms with van der Waals surface area (Å²) in [6.07, 6.45) is 1.35. The number of aliphatic hydroxyl groups is 1. The molecule has 0 amide bonds. The van der Waals surface area contributed by atoms with Gasteiger partial charge in [0.2, 0.25) is 0 Å². The van der Waals surface area contributed by atoms with E-state index < -0.39 is 17.6 Å². The molecule has 2 bridgehead atoms. The van der Waals surface area contributed by atoms with Gasteiger partial charge >= 0.3 is 5.97 Å². The van der Waals surface area contributed by atoms with Crippen LogP contribution in [-0.4, -0.2) is 33.9 Å². The van der Waals surface area contributed by atoms with Gasteiger partial charge in [-0.05, 0) is 12.8 Å². The van der Waals surface area contributed by atoms with Crippen molar-refractivity contribution in [3.63, 3.8) is 0 Å². The molecule has 11 heavy (non-hydrogen) atoms. The molecule has 0 saturated carbocycles. The van der Waals surface area contributed by atoms with Crippen molar-refractivity contribution >= 4 is 5.97 Å². The Bertz CT molecular complexity index is 202. The third-order valence-electron chi connectivity index (χ3n) is 2.78. The summed E-state index contributed by atoms with van der Waals surface area (Å²) >= 11 is 0. The fraction of sp³-hybridized carbons (Fsp3) is 0.857. The van der Waals surface area contributed by atoms with E-state index in [0.29, 0.717) is 12.8 Å². The molecule has 62 valence electrons. The number of aliphatic carboxylic acids is 1. The normalized spacial score (nSPS) is 48.1. The lowest BCUT2D eigenvalue weighted by Gasteiger charge is -2.21. The molecule has 0 aliphatic carbocycles. The first-order chi connectivity index (χ1) is 5.14. The fourth-order valence-electron chi connectivity index (χ4n) is 2.11. The highest BCUT2D eigenvalue weighted by Gasteiger charge is 2.54. The summed E-state index contributed by atoms with van der Waals surface area (Å²) in [5.74, 6) is -0.823. The molecule has 4 nitrogen and oxygen atoms in total. The number of rotatable bonds is 1. The summed E-state index contributed by atoms with van der Waals surface area (Å²) in [6, 6.07) is 0.0195. The maximum absolute atomic E-state index is 10.8. The number of nitrogens with one attached hydrogen (secondary N) is 1. The van der Waals surface area contributed by atoms with Gasteiger partial charge in [0.1, 0.15) is 5.54 Å². The molecule has 3 atom stereocenters. The van der Waals surface area contributed by atoms with Crippen LogP contribution in [-0.2, 0) is 4.79 Å². The van der Waals surface area contributed by atoms with Crippen LogP contribution in [0.3, 0.4) is 0 Å². The minimum atomic E-state index is -0.823. The minimum absolute atomic E-state index is 0.0195. The molecular formula is C7H11NO3. The topological polar surface area (TPSA) is 69.6 Å². The number of carboxylic acid groups (broad SMARTS) is 1. The molecule has 2 rings (SSSR count). The number of hydrogen-bond acceptors (Lipinski definition) is 3. The van der Waals surface area contributed by atoms with Crippen LogP contribution in [0.15, 0.2) is 0 Å². The first-order valence-corrected chi connectivity index (χ1v) is 3.83. The van der Waals surface area contributed by atoms with Crippen molar-refractivity contribution in [2.24, 2.45) is 0 Å². The predicted molar refractivity (Wildman–Crippen MR) is 37.1 cm³/mol. The van der Waals surface area contributed by atoms with Gasteiger partial charge in [-0.1, -0.05) is 0 Å². The summed E-state index contributed by atoms with van der Waals surface area (Å²) in [5.41, 5.74) is -0.802. The Morgan fingerprint density at radius 3 is 2.64 bits per heavy atom. The summed E-state index contributed by atoms with van der Waals surface area (Å²) in [5, 5.41) is 21.1. The van der Waals surface area contributed by atoms with Crippen molar-refractivity contribution in [3.05, 3.63) is 0 Å². The largest absolute Gasteiger partial charge is 0.480 e. The maximum atomic E-state index is 10.8. The molecule has 0 spiro atoms. The van der Waals surface area contributed by atoms with E-state index in [1.807, 2.05) is 0 Å². The van der Waals surface area contributed by atoms with E-state index >= 15 is 0 Å². The number of aliphatic hydroxyl groups excluding tert-OH is 1. The number of fused-ring (bicyclic) bond motifs is 2. The highest BCUT2D eigenvalue weighted by molar-refractivity contribution is 5.80. The van der Waals surface area contributed by atoms with Crippen molar-refractivity contribution in [1.82, 2.24) is 5.32 Å². The maximum Gasteiger partial charge on any atom is 0.324 e. The van der Waals surface area contributed by atoms with Crippen LogP contribution in [0, 0.1) is 0 Å². The molecule has 0 aromatic carbocycles. The van der Waals surface area contributed by atoms with Gasteiger partial charge in [0.15, 0.2) is 0 Å². The van der Waals surface area contributed by atoms with Crippen LogP contribution in [0.4, 0.5) is 0 Å². The number of carbonyl (C=O) groups is 1. The lowest BCUT2D eigenvalue weighted by atomic mass is 9.86. The number of hydrogen-bond donors (Lipinski definition) is 3. The van der Waals surface area contributed by atoms with Crippen molar-refractivity contribution in [3.8, 4) is 0 Å². The lowest BCUT2D eigenvalue weighted by molar-refractivity contribution is -0.144. The second kappa shape index (κ2) is 1.95. The van der Waals surface area contributed by atoms with Crippen molar-refractivity contribution < 1.29 is 15.0 Å². The Kier molecular flexibility index (Phi) is 1.25. The molecule has 0 unspecified atom stereocenters. The molecule has 3 N–H and O–H groups in total. The highest BCUT2D eigenvalue weighted by Crippen LogP contribution is 2.37. The Labute approximate surface area is 64.2 Å². The second-order valence-corrected chi connectivity index (χ2v) is 3.45. The van der Waals surface area contributed by atoms with Gasteiger partial charge in [-0.3, -0.25) is 10.1 Å². The summed E-state index contributed by atoms with van der Waals surface area (Å²) < 4.78 is 0. The van der Waals surface area contributed by atoms with E-state index in [2.05, 4.69) is 5.32 Å². The standard InChI is InChI=1S/C7H11NO3/c9-5-3-7(6(10)11)2-1-4(5)8-7/h4-5,8-9H,1-3H2,(H,10,11)/t4-,5+,7-/m0/s1. The van der Waals surface area contributed by atoms with Crippen LogP contribution in [0.1, 0.15) is 19.3 Å². The second-order valence-electron chi connectivity index (χ2n) is 3.45. The van der Waals surface area contributed by atoms with Crippen LogP contribution in [0.5, 0.6) is 0 Å². The van der Waals surface area contributed by atoms with E-state index in [1.54, 1.807) is 0 Å². The zero-order valence-corrected chi connectivity index (χ0v) is 6.08. The van der Waals surface area contributed by atoms with Crippen LogP contribution in [0.2, 0.25) is 0 Å². The monoisotopic (exact) mass is 157 g/mol. The third kappa shape index (κ3) is 0.795. The Balaban J connectivity index is 2.23. The molecule has 0 radical (unpaired) electrons. The molecule has 2 fully saturated rings. The zero-order valence-electron chi connectivity index (χ0n) is 6.08. The molecule has 0 aromatic rings. The van der Waals surface area contributed by atoms with Gasteiger partial charge in [-0.25, -0.2) is 0 Å². The molecular weight excluding hydrogens is 146 g/mol. The molecule has 0 aromatic heterocycles. The van der Waals surface area contributed by atoms with E-state index in [4.69, 9.17) is 5.11 Å². The van der Waals surface area contributed by atoms with E-state index in [0.717, 1.165) is 6.42 Å². The highest BCUT2D eigenvalue weighted by atomic mass is 16.4. The van der Waals surface area contributed by atoms with Crippen molar-refractivity contribution in [2.45, 2.75) is 36.9 Å². The van der Waals surface area contributed by atoms with Crippen LogP contribution >= 0.6 is 0 Å². The van der Waals surface area contributed by atoms with Gasteiger partial charge < -0.3 is 10.2 Å². The van der Waals surface area contributed by atoms with E-state index in [9.17, 15) is 9.90 Å². The Morgan fingerprint density at radius 1 is 1.64 bits per heavy atom. The Hall–Kier alpha value is -0.610. The lowest BCUT2D eigenvalue weighted by Crippen LogP contribution is -2.44. The molecule has 2 saturated heterocycles. The fourth-order valence-corrected chi connectivity index (χ4v) is 2.11. The summed E-state index contributed by atoms with van der Waals surface area (Å²) in [6.45, 7) is 0. The summed E-state index contributed by atoms with van der Waals surface area (Å²) in [4.78, 5) is 10.8. The average molecular weight is 157 g/mol. The van der Waals surface area contributed by atoms with Gasteiger partial charge in [-0.15, -0.1) is 0 Å². The van der Waals surface area contributed by atoms with Crippen LogP contribution < -0.4 is 5.32 Å². The zero-order chi connectivity index (χ0) is 8.06. The number of carboxylic acids is 1. The van der Waals surface area contributed by atoms with Crippen LogP contribution in [0.25, 0.3) is 0 Å². The van der Waals surface area contributed by atoms with Gasteiger partial charge in [0.05, 0.1) is 6.10 Å². The molecule has 2 aliphatic heterocycles. The quantitative estimate of drug-likeness (QED) is 0.472. The smallest absolute Gasteiger partial charge is 0.324 e. The van der Waals surface area contributed by atoms with E-state index in [-0.39, 0.29) is 6.04 Å².